The molecule has 1 aromatic carbocycles. The molecule has 0 aliphatic rings. The first-order valence-corrected chi connectivity index (χ1v) is 5.31. The standard InChI is InChI=1S/C13H12FNO3/c1-7-11(16)12(17)10(15(2)13(7)18)8-3-5-9(14)6-4-8/h3-6,17-18H,1-2H3. The number of aromatic hydroxyl groups is 2. The van der Waals surface area contributed by atoms with E-state index in [1.54, 1.807) is 0 Å². The van der Waals surface area contributed by atoms with E-state index in [4.69, 9.17) is 0 Å². The highest BCUT2D eigenvalue weighted by atomic mass is 19.1. The number of rotatable bonds is 1. The summed E-state index contributed by atoms with van der Waals surface area (Å²) in [7, 11) is 1.51. The second-order valence-electron chi connectivity index (χ2n) is 4.04. The van der Waals surface area contributed by atoms with Crippen LogP contribution in [0.25, 0.3) is 11.3 Å². The Hall–Kier alpha value is -2.30. The van der Waals surface area contributed by atoms with Crippen LogP contribution in [-0.2, 0) is 7.05 Å². The predicted molar refractivity (Wildman–Crippen MR) is 65.1 cm³/mol. The van der Waals surface area contributed by atoms with Crippen LogP contribution in [0.3, 0.4) is 0 Å². The van der Waals surface area contributed by atoms with Gasteiger partial charge in [0.05, 0.1) is 11.3 Å². The van der Waals surface area contributed by atoms with Gasteiger partial charge in [-0.1, -0.05) is 0 Å². The van der Waals surface area contributed by atoms with Gasteiger partial charge in [0, 0.05) is 12.6 Å². The van der Waals surface area contributed by atoms with E-state index in [9.17, 15) is 19.4 Å². The molecule has 0 atom stereocenters. The molecule has 0 fully saturated rings. The highest BCUT2D eigenvalue weighted by molar-refractivity contribution is 5.68. The van der Waals surface area contributed by atoms with Crippen molar-refractivity contribution in [1.29, 1.82) is 0 Å². The summed E-state index contributed by atoms with van der Waals surface area (Å²) in [6.45, 7) is 1.42. The summed E-state index contributed by atoms with van der Waals surface area (Å²) in [5, 5.41) is 19.7. The molecule has 0 aliphatic carbocycles. The van der Waals surface area contributed by atoms with E-state index >= 15 is 0 Å². The van der Waals surface area contributed by atoms with Crippen LogP contribution in [-0.4, -0.2) is 14.8 Å². The van der Waals surface area contributed by atoms with Crippen LogP contribution in [0.15, 0.2) is 29.1 Å². The summed E-state index contributed by atoms with van der Waals surface area (Å²) >= 11 is 0. The van der Waals surface area contributed by atoms with Crippen LogP contribution in [0, 0.1) is 12.7 Å². The Morgan fingerprint density at radius 1 is 1.17 bits per heavy atom. The molecule has 0 amide bonds. The van der Waals surface area contributed by atoms with E-state index in [1.165, 1.54) is 42.8 Å². The molecular weight excluding hydrogens is 237 g/mol. The Morgan fingerprint density at radius 3 is 2.28 bits per heavy atom. The number of pyridine rings is 1. The number of benzene rings is 1. The Bertz CT molecular complexity index is 659. The third-order valence-electron chi connectivity index (χ3n) is 2.89. The summed E-state index contributed by atoms with van der Waals surface area (Å²) in [4.78, 5) is 11.7. The molecule has 18 heavy (non-hydrogen) atoms. The number of hydrogen-bond acceptors (Lipinski definition) is 3. The quantitative estimate of drug-likeness (QED) is 0.811. The molecule has 1 heterocycles. The van der Waals surface area contributed by atoms with Crippen LogP contribution in [0.1, 0.15) is 5.56 Å². The van der Waals surface area contributed by atoms with Crippen LogP contribution in [0.2, 0.25) is 0 Å². The highest BCUT2D eigenvalue weighted by Crippen LogP contribution is 2.30. The molecule has 5 heteroatoms. The average Bonchev–Trinajstić information content (AvgIpc) is 2.36. The molecule has 1 aromatic heterocycles. The number of hydrogen-bond donors (Lipinski definition) is 2. The zero-order chi connectivity index (χ0) is 13.4. The van der Waals surface area contributed by atoms with Gasteiger partial charge in [0.1, 0.15) is 5.82 Å². The SMILES string of the molecule is Cc1c(O)n(C)c(-c2ccc(F)cc2)c(O)c1=O. The van der Waals surface area contributed by atoms with Crippen molar-refractivity contribution in [2.75, 3.05) is 0 Å². The molecule has 2 rings (SSSR count). The summed E-state index contributed by atoms with van der Waals surface area (Å²) < 4.78 is 14.1. The fourth-order valence-electron chi connectivity index (χ4n) is 1.84. The van der Waals surface area contributed by atoms with Gasteiger partial charge in [-0.25, -0.2) is 4.39 Å². The molecule has 0 radical (unpaired) electrons. The second-order valence-corrected chi connectivity index (χ2v) is 4.04. The molecule has 0 unspecified atom stereocenters. The highest BCUT2D eigenvalue weighted by Gasteiger charge is 2.17. The van der Waals surface area contributed by atoms with Crippen molar-refractivity contribution in [2.24, 2.45) is 7.05 Å². The summed E-state index contributed by atoms with van der Waals surface area (Å²) in [5.74, 6) is -1.10. The van der Waals surface area contributed by atoms with Crippen LogP contribution in [0.4, 0.5) is 4.39 Å². The molecule has 2 aromatic rings. The molecule has 0 saturated carbocycles. The number of nitrogens with zero attached hydrogens (tertiary/aromatic N) is 1. The van der Waals surface area contributed by atoms with Crippen molar-refractivity contribution in [3.8, 4) is 22.9 Å². The smallest absolute Gasteiger partial charge is 0.230 e. The van der Waals surface area contributed by atoms with E-state index in [-0.39, 0.29) is 17.1 Å². The molecule has 0 bridgehead atoms. The molecule has 0 spiro atoms. The lowest BCUT2D eigenvalue weighted by molar-refractivity contribution is 0.410. The van der Waals surface area contributed by atoms with E-state index in [2.05, 4.69) is 0 Å². The Kier molecular flexibility index (Phi) is 2.82. The summed E-state index contributed by atoms with van der Waals surface area (Å²) in [6, 6.07) is 5.30. The maximum atomic E-state index is 12.8. The van der Waals surface area contributed by atoms with Gasteiger partial charge in [-0.2, -0.15) is 0 Å². The molecule has 94 valence electrons. The van der Waals surface area contributed by atoms with Crippen molar-refractivity contribution in [2.45, 2.75) is 6.92 Å². The van der Waals surface area contributed by atoms with Gasteiger partial charge < -0.3 is 14.8 Å². The molecule has 0 aliphatic heterocycles. The minimum absolute atomic E-state index is 0.0702. The van der Waals surface area contributed by atoms with Crippen LogP contribution in [0.5, 0.6) is 11.6 Å². The molecule has 0 saturated heterocycles. The van der Waals surface area contributed by atoms with Gasteiger partial charge in [-0.15, -0.1) is 0 Å². The van der Waals surface area contributed by atoms with E-state index < -0.39 is 17.0 Å². The zero-order valence-electron chi connectivity index (χ0n) is 9.94. The van der Waals surface area contributed by atoms with E-state index in [0.717, 1.165) is 0 Å². The fraction of sp³-hybridized carbons (Fsp3) is 0.154. The first-order valence-electron chi connectivity index (χ1n) is 5.31. The second kappa shape index (κ2) is 4.18. The van der Waals surface area contributed by atoms with Crippen molar-refractivity contribution >= 4 is 0 Å². The molecule has 4 nitrogen and oxygen atoms in total. The Morgan fingerprint density at radius 2 is 1.72 bits per heavy atom. The Labute approximate surface area is 103 Å². The maximum Gasteiger partial charge on any atom is 0.230 e. The fourth-order valence-corrected chi connectivity index (χ4v) is 1.84. The van der Waals surface area contributed by atoms with E-state index in [0.29, 0.717) is 5.56 Å². The van der Waals surface area contributed by atoms with Gasteiger partial charge in [-0.3, -0.25) is 4.79 Å². The van der Waals surface area contributed by atoms with Crippen molar-refractivity contribution in [3.05, 3.63) is 45.9 Å². The lowest BCUT2D eigenvalue weighted by Crippen LogP contribution is -2.12. The zero-order valence-corrected chi connectivity index (χ0v) is 9.94. The lowest BCUT2D eigenvalue weighted by atomic mass is 10.1. The first kappa shape index (κ1) is 12.2. The number of aromatic nitrogens is 1. The van der Waals surface area contributed by atoms with Crippen molar-refractivity contribution < 1.29 is 14.6 Å². The van der Waals surface area contributed by atoms with Crippen LogP contribution < -0.4 is 5.43 Å². The van der Waals surface area contributed by atoms with Gasteiger partial charge in [0.2, 0.25) is 5.43 Å². The summed E-state index contributed by atoms with van der Waals surface area (Å²) in [5.41, 5.74) is 0.0395. The van der Waals surface area contributed by atoms with Gasteiger partial charge in [0.25, 0.3) is 0 Å². The van der Waals surface area contributed by atoms with Crippen molar-refractivity contribution in [3.63, 3.8) is 0 Å². The average molecular weight is 249 g/mol. The van der Waals surface area contributed by atoms with Gasteiger partial charge >= 0.3 is 0 Å². The maximum absolute atomic E-state index is 12.8. The summed E-state index contributed by atoms with van der Waals surface area (Å²) in [6.07, 6.45) is 0. The van der Waals surface area contributed by atoms with Gasteiger partial charge in [-0.05, 0) is 31.2 Å². The molecule has 2 N–H and O–H groups in total. The third-order valence-corrected chi connectivity index (χ3v) is 2.89. The predicted octanol–water partition coefficient (Wildman–Crippen LogP) is 1.91. The monoisotopic (exact) mass is 249 g/mol. The topological polar surface area (TPSA) is 62.5 Å². The minimum Gasteiger partial charge on any atom is -0.503 e. The minimum atomic E-state index is -0.634. The van der Waals surface area contributed by atoms with Gasteiger partial charge in [0.15, 0.2) is 11.6 Å². The van der Waals surface area contributed by atoms with E-state index in [1.807, 2.05) is 0 Å². The normalized spacial score (nSPS) is 10.6. The Balaban J connectivity index is 2.80. The first-order chi connectivity index (χ1) is 8.43. The molecular formula is C13H12FNO3. The lowest BCUT2D eigenvalue weighted by Gasteiger charge is -2.14. The number of halogens is 1. The third kappa shape index (κ3) is 1.73. The van der Waals surface area contributed by atoms with Crippen LogP contribution >= 0.6 is 0 Å². The largest absolute Gasteiger partial charge is 0.503 e. The van der Waals surface area contributed by atoms with Crippen molar-refractivity contribution in [1.82, 2.24) is 4.57 Å².